The van der Waals surface area contributed by atoms with E-state index < -0.39 is 6.10 Å². The van der Waals surface area contributed by atoms with Gasteiger partial charge in [-0.05, 0) is 36.5 Å². The van der Waals surface area contributed by atoms with Crippen LogP contribution in [0.15, 0.2) is 65.7 Å². The third-order valence-electron chi connectivity index (χ3n) is 8.44. The Morgan fingerprint density at radius 2 is 1.72 bits per heavy atom. The molecule has 0 radical (unpaired) electrons. The molecule has 7 nitrogen and oxygen atoms in total. The molecule has 220 valence electrons. The molecule has 0 saturated heterocycles. The van der Waals surface area contributed by atoms with Crippen LogP contribution in [0.3, 0.4) is 0 Å². The number of aromatic nitrogens is 4. The van der Waals surface area contributed by atoms with Crippen LogP contribution in [0.5, 0.6) is 0 Å². The van der Waals surface area contributed by atoms with E-state index >= 15 is 0 Å². The van der Waals surface area contributed by atoms with Gasteiger partial charge in [0.15, 0.2) is 13.8 Å². The van der Waals surface area contributed by atoms with Gasteiger partial charge in [0.05, 0.1) is 43.3 Å². The third-order valence-corrected chi connectivity index (χ3v) is 9.60. The fourth-order valence-corrected chi connectivity index (χ4v) is 7.27. The first kappa shape index (κ1) is 29.6. The number of rotatable bonds is 8. The number of aldehydes is 2. The number of hydrogen-bond acceptors (Lipinski definition) is 4. The molecule has 0 bridgehead atoms. The van der Waals surface area contributed by atoms with Crippen LogP contribution in [0.25, 0.3) is 21.3 Å². The fraction of sp³-hybridized carbons (Fsp3) is 0.273. The highest BCUT2D eigenvalue weighted by atomic mass is 35.5. The monoisotopic (exact) mass is 635 g/mol. The average Bonchev–Trinajstić information content (AvgIpc) is 3.48. The van der Waals surface area contributed by atoms with Gasteiger partial charge in [-0.2, -0.15) is 5.10 Å². The Morgan fingerprint density at radius 1 is 1.00 bits per heavy atom. The van der Waals surface area contributed by atoms with Crippen LogP contribution < -0.4 is 4.68 Å². The molecule has 2 aliphatic rings. The highest BCUT2D eigenvalue weighted by Gasteiger charge is 2.39. The maximum atomic E-state index is 12.1. The largest absolute Gasteiger partial charge is 0.341 e. The zero-order valence-electron chi connectivity index (χ0n) is 24.0. The van der Waals surface area contributed by atoms with Crippen molar-refractivity contribution in [1.82, 2.24) is 14.5 Å². The number of halogens is 3. The van der Waals surface area contributed by atoms with Gasteiger partial charge in [0, 0.05) is 30.2 Å². The summed E-state index contributed by atoms with van der Waals surface area (Å²) in [6.07, 6.45) is 2.89. The standard InChI is InChI=1S/C33H30Cl3N4O3/c1-19-15-26-28(30(36)23(19)17-42)31(22-11-7-8-12-24(22)34)39(3)40(26)18-43-33(20-9-5-4-6-10-20)32-27-25(37-38(32)2)14-13-21(16-41)29(27)35/h4-12,16-17,19,33H,13-15,18H2,1-3H3/q+1. The summed E-state index contributed by atoms with van der Waals surface area (Å²) in [7, 11) is 3.81. The fourth-order valence-electron chi connectivity index (χ4n) is 6.27. The number of nitrogens with zero attached hydrogens (tertiary/aromatic N) is 4. The molecule has 4 aromatic rings. The molecule has 0 spiro atoms. The van der Waals surface area contributed by atoms with Crippen LogP contribution in [0, 0.1) is 5.92 Å². The minimum absolute atomic E-state index is 0.0787. The van der Waals surface area contributed by atoms with Crippen LogP contribution in [0.4, 0.5) is 0 Å². The lowest BCUT2D eigenvalue weighted by Crippen LogP contribution is -2.42. The molecule has 2 aromatic heterocycles. The zero-order valence-corrected chi connectivity index (χ0v) is 26.2. The summed E-state index contributed by atoms with van der Waals surface area (Å²) < 4.78 is 12.7. The molecule has 2 heterocycles. The van der Waals surface area contributed by atoms with E-state index in [0.717, 1.165) is 57.6 Å². The third kappa shape index (κ3) is 4.98. The molecule has 0 aliphatic heterocycles. The van der Waals surface area contributed by atoms with Crippen LogP contribution in [-0.2, 0) is 48.0 Å². The van der Waals surface area contributed by atoms with Crippen LogP contribution in [0.2, 0.25) is 5.02 Å². The van der Waals surface area contributed by atoms with Gasteiger partial charge in [-0.15, -0.1) is 9.36 Å². The van der Waals surface area contributed by atoms with Crippen molar-refractivity contribution >= 4 is 57.4 Å². The van der Waals surface area contributed by atoms with Crippen molar-refractivity contribution in [3.8, 4) is 11.3 Å². The van der Waals surface area contributed by atoms with Crippen LogP contribution in [-0.4, -0.2) is 27.0 Å². The number of benzene rings is 2. The van der Waals surface area contributed by atoms with E-state index in [0.29, 0.717) is 45.5 Å². The molecule has 43 heavy (non-hydrogen) atoms. The first-order chi connectivity index (χ1) is 20.8. The summed E-state index contributed by atoms with van der Waals surface area (Å²) in [5.41, 5.74) is 7.73. The molecule has 2 aliphatic carbocycles. The molecule has 2 aromatic carbocycles. The Kier molecular flexibility index (Phi) is 8.18. The van der Waals surface area contributed by atoms with E-state index in [-0.39, 0.29) is 12.6 Å². The summed E-state index contributed by atoms with van der Waals surface area (Å²) in [6, 6.07) is 17.5. The molecular weight excluding hydrogens is 607 g/mol. The van der Waals surface area contributed by atoms with E-state index in [1.807, 2.05) is 85.0 Å². The zero-order chi connectivity index (χ0) is 30.4. The van der Waals surface area contributed by atoms with Crippen molar-refractivity contribution in [3.63, 3.8) is 0 Å². The number of ether oxygens (including phenoxy) is 1. The first-order valence-electron chi connectivity index (χ1n) is 14.0. The van der Waals surface area contributed by atoms with E-state index in [9.17, 15) is 9.59 Å². The van der Waals surface area contributed by atoms with Crippen LogP contribution in [0.1, 0.15) is 53.2 Å². The topological polar surface area (TPSA) is 70.0 Å². The number of hydrogen-bond donors (Lipinski definition) is 0. The normalized spacial score (nSPS) is 17.1. The van der Waals surface area contributed by atoms with Gasteiger partial charge in [-0.25, -0.2) is 0 Å². The van der Waals surface area contributed by atoms with Crippen molar-refractivity contribution in [2.24, 2.45) is 20.0 Å². The Hall–Kier alpha value is -3.49. The van der Waals surface area contributed by atoms with E-state index in [1.165, 1.54) is 0 Å². The van der Waals surface area contributed by atoms with Gasteiger partial charge in [-0.1, -0.05) is 84.2 Å². The SMILES string of the molecule is CC1Cc2c(c(-c3ccccc3Cl)[n+](C)n2COC(c2ccccc2)c2c3c(nn2C)CCC(C=O)=C3Cl)C(Cl)=C1C=O. The predicted octanol–water partition coefficient (Wildman–Crippen LogP) is 6.57. The molecule has 10 heteroatoms. The molecule has 0 amide bonds. The van der Waals surface area contributed by atoms with Gasteiger partial charge in [0.2, 0.25) is 5.69 Å². The first-order valence-corrected chi connectivity index (χ1v) is 15.2. The second kappa shape index (κ2) is 11.9. The molecule has 2 atom stereocenters. The van der Waals surface area contributed by atoms with Gasteiger partial charge in [0.1, 0.15) is 18.7 Å². The lowest BCUT2D eigenvalue weighted by molar-refractivity contribution is -0.748. The molecule has 0 saturated carbocycles. The minimum atomic E-state index is -0.554. The van der Waals surface area contributed by atoms with Crippen molar-refractivity contribution in [3.05, 3.63) is 105 Å². The number of carbonyl (C=O) groups excluding carboxylic acids is 2. The van der Waals surface area contributed by atoms with E-state index in [1.54, 1.807) is 4.68 Å². The van der Waals surface area contributed by atoms with Crippen LogP contribution >= 0.6 is 34.8 Å². The molecule has 0 fully saturated rings. The van der Waals surface area contributed by atoms with Crippen molar-refractivity contribution < 1.29 is 19.0 Å². The van der Waals surface area contributed by atoms with Crippen molar-refractivity contribution in [2.45, 2.75) is 39.0 Å². The van der Waals surface area contributed by atoms with Gasteiger partial charge in [-0.3, -0.25) is 14.3 Å². The van der Waals surface area contributed by atoms with Gasteiger partial charge >= 0.3 is 0 Å². The van der Waals surface area contributed by atoms with Gasteiger partial charge in [0.25, 0.3) is 0 Å². The average molecular weight is 637 g/mol. The maximum absolute atomic E-state index is 12.1. The number of allylic oxidation sites excluding steroid dienone is 2. The number of carbonyl (C=O) groups is 2. The second-order valence-electron chi connectivity index (χ2n) is 10.9. The highest BCUT2D eigenvalue weighted by Crippen LogP contribution is 2.44. The summed E-state index contributed by atoms with van der Waals surface area (Å²) in [6.45, 7) is 2.15. The van der Waals surface area contributed by atoms with E-state index in [4.69, 9.17) is 44.6 Å². The summed E-state index contributed by atoms with van der Waals surface area (Å²) in [5.74, 6) is -0.0787. The Morgan fingerprint density at radius 3 is 2.42 bits per heavy atom. The quantitative estimate of drug-likeness (QED) is 0.162. The lowest BCUT2D eigenvalue weighted by atomic mass is 9.87. The summed E-state index contributed by atoms with van der Waals surface area (Å²) >= 11 is 20.5. The molecule has 2 unspecified atom stereocenters. The highest BCUT2D eigenvalue weighted by molar-refractivity contribution is 6.51. The molecule has 6 rings (SSSR count). The summed E-state index contributed by atoms with van der Waals surface area (Å²) in [4.78, 5) is 23.9. The number of aryl methyl sites for hydroxylation is 2. The Bertz CT molecular complexity index is 1820. The predicted molar refractivity (Wildman–Crippen MR) is 167 cm³/mol. The molecular formula is C33H30Cl3N4O3+. The minimum Gasteiger partial charge on any atom is -0.341 e. The number of fused-ring (bicyclic) bond motifs is 2. The summed E-state index contributed by atoms with van der Waals surface area (Å²) in [5, 5.41) is 6.18. The Balaban J connectivity index is 1.50. The molecule has 0 N–H and O–H groups in total. The Labute approximate surface area is 264 Å². The maximum Gasteiger partial charge on any atom is 0.248 e. The smallest absolute Gasteiger partial charge is 0.248 e. The van der Waals surface area contributed by atoms with Gasteiger partial charge < -0.3 is 4.74 Å². The van der Waals surface area contributed by atoms with Crippen molar-refractivity contribution in [1.29, 1.82) is 0 Å². The lowest BCUT2D eigenvalue weighted by Gasteiger charge is -2.23. The second-order valence-corrected chi connectivity index (χ2v) is 12.1. The van der Waals surface area contributed by atoms with E-state index in [2.05, 4.69) is 0 Å². The van der Waals surface area contributed by atoms with Crippen molar-refractivity contribution in [2.75, 3.05) is 0 Å².